The largest absolute Gasteiger partial charge is 0.381 e. The van der Waals surface area contributed by atoms with Crippen LogP contribution < -0.4 is 16.4 Å². The van der Waals surface area contributed by atoms with Gasteiger partial charge in [0.25, 0.3) is 0 Å². The molecule has 2 aliphatic carbocycles. The summed E-state index contributed by atoms with van der Waals surface area (Å²) in [6, 6.07) is 11.1. The smallest absolute Gasteiger partial charge is 0.223 e. The van der Waals surface area contributed by atoms with Crippen LogP contribution in [0.2, 0.25) is 0 Å². The van der Waals surface area contributed by atoms with E-state index in [1.807, 2.05) is 6.07 Å². The molecule has 1 aromatic carbocycles. The van der Waals surface area contributed by atoms with Crippen molar-refractivity contribution in [3.8, 4) is 0 Å². The van der Waals surface area contributed by atoms with Gasteiger partial charge in [0, 0.05) is 43.3 Å². The Kier molecular flexibility index (Phi) is 10.1. The number of carbonyl (C=O) groups excluding carboxylic acids is 1. The molecular weight excluding hydrogens is 433 g/mol. The molecule has 4 N–H and O–H groups in total. The molecule has 3 fully saturated rings. The van der Waals surface area contributed by atoms with Crippen molar-refractivity contribution in [3.63, 3.8) is 0 Å². The monoisotopic (exact) mass is 471 g/mol. The number of benzene rings is 1. The number of halogens is 2. The van der Waals surface area contributed by atoms with E-state index in [9.17, 15) is 4.79 Å². The lowest BCUT2D eigenvalue weighted by molar-refractivity contribution is -0.128. The van der Waals surface area contributed by atoms with Crippen molar-refractivity contribution < 1.29 is 9.53 Å². The summed E-state index contributed by atoms with van der Waals surface area (Å²) in [6.45, 7) is 4.36. The zero-order chi connectivity index (χ0) is 20.3. The van der Waals surface area contributed by atoms with Gasteiger partial charge >= 0.3 is 0 Å². The molecule has 1 amide bonds. The summed E-state index contributed by atoms with van der Waals surface area (Å²) in [5.74, 6) is 1.43. The molecule has 176 valence electrons. The first-order valence-corrected chi connectivity index (χ1v) is 11.5. The Morgan fingerprint density at radius 1 is 1.13 bits per heavy atom. The number of carbonyl (C=O) groups is 1. The first-order valence-electron chi connectivity index (χ1n) is 11.5. The van der Waals surface area contributed by atoms with E-state index < -0.39 is 0 Å². The van der Waals surface area contributed by atoms with Crippen molar-refractivity contribution in [2.45, 2.75) is 69.5 Å². The summed E-state index contributed by atoms with van der Waals surface area (Å²) in [6.07, 6.45) is 7.44. The maximum Gasteiger partial charge on any atom is 0.223 e. The molecule has 2 saturated carbocycles. The third-order valence-electron chi connectivity index (χ3n) is 7.66. The predicted molar refractivity (Wildman–Crippen MR) is 130 cm³/mol. The van der Waals surface area contributed by atoms with Crippen molar-refractivity contribution in [1.82, 2.24) is 10.6 Å². The van der Waals surface area contributed by atoms with Gasteiger partial charge in [-0.25, -0.2) is 0 Å². The van der Waals surface area contributed by atoms with Gasteiger partial charge in [-0.1, -0.05) is 36.8 Å². The van der Waals surface area contributed by atoms with Crippen molar-refractivity contribution in [1.29, 1.82) is 0 Å². The minimum atomic E-state index is -0.107. The van der Waals surface area contributed by atoms with Gasteiger partial charge in [0.1, 0.15) is 0 Å². The molecule has 1 aromatic rings. The van der Waals surface area contributed by atoms with Gasteiger partial charge in [-0.05, 0) is 62.8 Å². The van der Waals surface area contributed by atoms with Crippen LogP contribution in [0.1, 0.15) is 63.5 Å². The molecule has 3 atom stereocenters. The fourth-order valence-corrected chi connectivity index (χ4v) is 5.82. The zero-order valence-electron chi connectivity index (χ0n) is 18.6. The first-order chi connectivity index (χ1) is 14.1. The first kappa shape index (κ1) is 26.4. The number of fused-ring (bicyclic) bond motifs is 2. The molecule has 1 heterocycles. The third kappa shape index (κ3) is 6.35. The van der Waals surface area contributed by atoms with Crippen molar-refractivity contribution in [3.05, 3.63) is 35.9 Å². The number of nitrogens with two attached hydrogens (primary N) is 1. The maximum absolute atomic E-state index is 13.1. The molecule has 7 heteroatoms. The third-order valence-corrected chi connectivity index (χ3v) is 7.66. The van der Waals surface area contributed by atoms with Crippen LogP contribution in [0, 0.1) is 17.8 Å². The number of rotatable bonds is 6. The normalized spacial score (nSPS) is 30.3. The quantitative estimate of drug-likeness (QED) is 0.585. The number of hydrogen-bond donors (Lipinski definition) is 3. The Morgan fingerprint density at radius 3 is 2.35 bits per heavy atom. The molecule has 0 aromatic heterocycles. The summed E-state index contributed by atoms with van der Waals surface area (Å²) in [5, 5.41) is 7.17. The lowest BCUT2D eigenvalue weighted by atomic mass is 9.65. The Morgan fingerprint density at radius 2 is 1.74 bits per heavy atom. The summed E-state index contributed by atoms with van der Waals surface area (Å²) in [5.41, 5.74) is 7.58. The van der Waals surface area contributed by atoms with Gasteiger partial charge in [0.15, 0.2) is 0 Å². The Hall–Kier alpha value is -0.850. The predicted octanol–water partition coefficient (Wildman–Crippen LogP) is 4.00. The minimum absolute atomic E-state index is 0. The van der Waals surface area contributed by atoms with Crippen LogP contribution in [0.25, 0.3) is 0 Å². The summed E-state index contributed by atoms with van der Waals surface area (Å²) >= 11 is 0. The van der Waals surface area contributed by atoms with E-state index in [2.05, 4.69) is 41.8 Å². The second-order valence-corrected chi connectivity index (χ2v) is 9.58. The van der Waals surface area contributed by atoms with Crippen LogP contribution in [0.5, 0.6) is 0 Å². The number of nitrogens with one attached hydrogen (secondary N) is 2. The zero-order valence-corrected chi connectivity index (χ0v) is 20.2. The molecule has 2 bridgehead atoms. The van der Waals surface area contributed by atoms with Crippen LogP contribution >= 0.6 is 24.8 Å². The van der Waals surface area contributed by atoms with E-state index in [-0.39, 0.29) is 48.2 Å². The van der Waals surface area contributed by atoms with Crippen molar-refractivity contribution >= 4 is 30.7 Å². The SMILES string of the molecule is CC(NC1(CNC(=O)C2CC3CCCC(C2)C3N)CCOCC1)c1ccccc1.Cl.Cl. The molecule has 0 radical (unpaired) electrons. The molecule has 1 saturated heterocycles. The van der Waals surface area contributed by atoms with E-state index in [0.29, 0.717) is 24.4 Å². The second kappa shape index (κ2) is 11.9. The van der Waals surface area contributed by atoms with Gasteiger partial charge in [0.2, 0.25) is 5.91 Å². The summed E-state index contributed by atoms with van der Waals surface area (Å²) in [4.78, 5) is 13.1. The lowest BCUT2D eigenvalue weighted by Crippen LogP contribution is -2.58. The summed E-state index contributed by atoms with van der Waals surface area (Å²) < 4.78 is 5.63. The second-order valence-electron chi connectivity index (χ2n) is 9.58. The van der Waals surface area contributed by atoms with Crippen LogP contribution in [0.15, 0.2) is 30.3 Å². The molecule has 3 unspecified atom stereocenters. The van der Waals surface area contributed by atoms with Gasteiger partial charge in [-0.2, -0.15) is 0 Å². The Labute approximate surface area is 199 Å². The molecule has 1 aliphatic heterocycles. The van der Waals surface area contributed by atoms with E-state index in [1.54, 1.807) is 0 Å². The van der Waals surface area contributed by atoms with Gasteiger partial charge in [0.05, 0.1) is 0 Å². The average Bonchev–Trinajstić information content (AvgIpc) is 2.73. The standard InChI is InChI=1S/C24H37N3O2.2ClH/c1-17(18-6-3-2-4-7-18)27-24(10-12-29-13-11-24)16-26-23(28)21-14-19-8-5-9-20(15-21)22(19)25;;/h2-4,6-7,17,19-22,27H,5,8-16,25H2,1H3,(H,26,28);2*1H. The highest BCUT2D eigenvalue weighted by atomic mass is 35.5. The molecule has 5 nitrogen and oxygen atoms in total. The topological polar surface area (TPSA) is 76.4 Å². The highest BCUT2D eigenvalue weighted by Crippen LogP contribution is 2.42. The lowest BCUT2D eigenvalue weighted by Gasteiger charge is -2.44. The van der Waals surface area contributed by atoms with Crippen LogP contribution in [-0.2, 0) is 9.53 Å². The fourth-order valence-electron chi connectivity index (χ4n) is 5.82. The molecule has 0 spiro atoms. The van der Waals surface area contributed by atoms with Crippen LogP contribution in [-0.4, -0.2) is 37.2 Å². The highest BCUT2D eigenvalue weighted by molar-refractivity contribution is 5.85. The van der Waals surface area contributed by atoms with E-state index in [1.165, 1.54) is 24.8 Å². The van der Waals surface area contributed by atoms with Crippen LogP contribution in [0.3, 0.4) is 0 Å². The summed E-state index contributed by atoms with van der Waals surface area (Å²) in [7, 11) is 0. The maximum atomic E-state index is 13.1. The highest BCUT2D eigenvalue weighted by Gasteiger charge is 2.41. The minimum Gasteiger partial charge on any atom is -0.381 e. The van der Waals surface area contributed by atoms with Crippen LogP contribution in [0.4, 0.5) is 0 Å². The van der Waals surface area contributed by atoms with Crippen molar-refractivity contribution in [2.75, 3.05) is 19.8 Å². The van der Waals surface area contributed by atoms with Crippen molar-refractivity contribution in [2.24, 2.45) is 23.5 Å². The average molecular weight is 473 g/mol. The van der Waals surface area contributed by atoms with Gasteiger partial charge in [-0.3, -0.25) is 4.79 Å². The molecule has 31 heavy (non-hydrogen) atoms. The Balaban J connectivity index is 0.00000171. The molecule has 4 rings (SSSR count). The van der Waals surface area contributed by atoms with Gasteiger partial charge in [-0.15, -0.1) is 24.8 Å². The van der Waals surface area contributed by atoms with Gasteiger partial charge < -0.3 is 21.1 Å². The molecule has 3 aliphatic rings. The number of amides is 1. The van der Waals surface area contributed by atoms with E-state index in [0.717, 1.165) is 38.9 Å². The number of ether oxygens (including phenoxy) is 1. The van der Waals surface area contributed by atoms with E-state index in [4.69, 9.17) is 10.5 Å². The number of hydrogen-bond acceptors (Lipinski definition) is 4. The Bertz CT molecular complexity index is 671. The molecular formula is C24H39Cl2N3O2. The fraction of sp³-hybridized carbons (Fsp3) is 0.708. The van der Waals surface area contributed by atoms with E-state index >= 15 is 0 Å².